The largest absolute Gasteiger partial charge is 0.372 e. The van der Waals surface area contributed by atoms with Crippen molar-refractivity contribution in [2.24, 2.45) is 0 Å². The Balaban J connectivity index is 2.66. The number of anilines is 1. The van der Waals surface area contributed by atoms with Gasteiger partial charge in [0.05, 0.1) is 12.4 Å². The lowest BCUT2D eigenvalue weighted by Crippen LogP contribution is -2.34. The summed E-state index contributed by atoms with van der Waals surface area (Å²) in [7, 11) is 5.81. The van der Waals surface area contributed by atoms with E-state index in [1.54, 1.807) is 18.1 Å². The van der Waals surface area contributed by atoms with Gasteiger partial charge in [-0.05, 0) is 34.0 Å². The summed E-state index contributed by atoms with van der Waals surface area (Å²) in [5.74, 6) is 0.543. The van der Waals surface area contributed by atoms with Crippen molar-refractivity contribution in [2.45, 2.75) is 13.3 Å². The van der Waals surface area contributed by atoms with E-state index in [9.17, 15) is 4.79 Å². The Hall–Kier alpha value is -1.69. The van der Waals surface area contributed by atoms with Gasteiger partial charge >= 0.3 is 0 Å². The van der Waals surface area contributed by atoms with E-state index >= 15 is 0 Å². The van der Waals surface area contributed by atoms with Crippen LogP contribution in [0.1, 0.15) is 23.8 Å². The van der Waals surface area contributed by atoms with Crippen molar-refractivity contribution < 1.29 is 4.79 Å². The molecule has 0 bridgehead atoms. The summed E-state index contributed by atoms with van der Waals surface area (Å²) in [6.07, 6.45) is 4.06. The average Bonchev–Trinajstić information content (AvgIpc) is 2.42. The minimum absolute atomic E-state index is 0.0640. The molecule has 0 unspecified atom stereocenters. The van der Waals surface area contributed by atoms with Crippen LogP contribution in [0.5, 0.6) is 0 Å². The predicted octanol–water partition coefficient (Wildman–Crippen LogP) is 0.932. The number of aromatic nitrogens is 2. The quantitative estimate of drug-likeness (QED) is 0.795. The molecule has 19 heavy (non-hydrogen) atoms. The van der Waals surface area contributed by atoms with Gasteiger partial charge in [0.1, 0.15) is 11.5 Å². The third-order valence-corrected chi connectivity index (χ3v) is 2.81. The number of hydrogen-bond acceptors (Lipinski definition) is 5. The second kappa shape index (κ2) is 7.68. The lowest BCUT2D eigenvalue weighted by Gasteiger charge is -2.21. The molecular weight excluding hydrogens is 242 g/mol. The van der Waals surface area contributed by atoms with Crippen LogP contribution in [0, 0.1) is 0 Å². The van der Waals surface area contributed by atoms with Crippen molar-refractivity contribution in [1.82, 2.24) is 19.8 Å². The van der Waals surface area contributed by atoms with Crippen molar-refractivity contribution in [1.29, 1.82) is 0 Å². The molecule has 1 heterocycles. The minimum Gasteiger partial charge on any atom is -0.372 e. The van der Waals surface area contributed by atoms with Crippen molar-refractivity contribution in [3.63, 3.8) is 0 Å². The molecule has 0 aliphatic heterocycles. The zero-order valence-electron chi connectivity index (χ0n) is 12.2. The maximum Gasteiger partial charge on any atom is 0.274 e. The van der Waals surface area contributed by atoms with E-state index in [0.717, 1.165) is 19.5 Å². The van der Waals surface area contributed by atoms with E-state index in [0.29, 0.717) is 18.1 Å². The van der Waals surface area contributed by atoms with Crippen LogP contribution in [-0.4, -0.2) is 66.5 Å². The first-order valence-corrected chi connectivity index (χ1v) is 6.52. The molecule has 1 aromatic rings. The van der Waals surface area contributed by atoms with Crippen molar-refractivity contribution in [3.8, 4) is 0 Å². The molecule has 6 nitrogen and oxygen atoms in total. The van der Waals surface area contributed by atoms with Crippen molar-refractivity contribution >= 4 is 11.7 Å². The Morgan fingerprint density at radius 1 is 1.32 bits per heavy atom. The summed E-state index contributed by atoms with van der Waals surface area (Å²) in [5.41, 5.74) is 0.388. The molecule has 0 radical (unpaired) electrons. The number of carbonyl (C=O) groups is 1. The average molecular weight is 265 g/mol. The Bertz CT molecular complexity index is 408. The molecule has 1 rings (SSSR count). The number of rotatable bonds is 7. The first kappa shape index (κ1) is 15.4. The van der Waals surface area contributed by atoms with E-state index in [2.05, 4.69) is 20.2 Å². The lowest BCUT2D eigenvalue weighted by molar-refractivity contribution is 0.0753. The van der Waals surface area contributed by atoms with Crippen LogP contribution in [0.3, 0.4) is 0 Å². The molecule has 6 heteroatoms. The molecule has 106 valence electrons. The third-order valence-electron chi connectivity index (χ3n) is 2.81. The number of amides is 1. The zero-order valence-corrected chi connectivity index (χ0v) is 12.2. The molecule has 1 aromatic heterocycles. The molecule has 0 aliphatic carbocycles. The van der Waals surface area contributed by atoms with Crippen molar-refractivity contribution in [3.05, 3.63) is 18.1 Å². The van der Waals surface area contributed by atoms with Gasteiger partial charge in [0.15, 0.2) is 0 Å². The van der Waals surface area contributed by atoms with Crippen molar-refractivity contribution in [2.75, 3.05) is 46.1 Å². The molecule has 0 aromatic carbocycles. The van der Waals surface area contributed by atoms with Crippen LogP contribution in [0.15, 0.2) is 12.4 Å². The van der Waals surface area contributed by atoms with E-state index in [1.165, 1.54) is 6.20 Å². The van der Waals surface area contributed by atoms with Crippen LogP contribution < -0.4 is 5.32 Å². The number of nitrogens with one attached hydrogen (secondary N) is 1. The number of carbonyl (C=O) groups excluding carboxylic acids is 1. The Morgan fingerprint density at radius 2 is 2.05 bits per heavy atom. The van der Waals surface area contributed by atoms with E-state index in [4.69, 9.17) is 0 Å². The van der Waals surface area contributed by atoms with Gasteiger partial charge in [-0.1, -0.05) is 0 Å². The van der Waals surface area contributed by atoms with Gasteiger partial charge in [-0.25, -0.2) is 4.98 Å². The standard InChI is InChI=1S/C13H23N5O/c1-5-18(8-6-7-17(3)4)13(19)11-9-15-10-12(14-2)16-11/h9-10H,5-8H2,1-4H3,(H,14,16). The van der Waals surface area contributed by atoms with Gasteiger partial charge < -0.3 is 15.1 Å². The minimum atomic E-state index is -0.0640. The number of hydrogen-bond donors (Lipinski definition) is 1. The van der Waals surface area contributed by atoms with Crippen LogP contribution >= 0.6 is 0 Å². The summed E-state index contributed by atoms with van der Waals surface area (Å²) in [6.45, 7) is 4.35. The smallest absolute Gasteiger partial charge is 0.274 e. The molecule has 0 saturated carbocycles. The van der Waals surface area contributed by atoms with Gasteiger partial charge in [0.2, 0.25) is 0 Å². The van der Waals surface area contributed by atoms with Gasteiger partial charge in [-0.15, -0.1) is 0 Å². The highest BCUT2D eigenvalue weighted by Gasteiger charge is 2.16. The Labute approximate surface area is 114 Å². The maximum atomic E-state index is 12.3. The first-order valence-electron chi connectivity index (χ1n) is 6.52. The highest BCUT2D eigenvalue weighted by Crippen LogP contribution is 2.05. The molecule has 0 aliphatic rings. The van der Waals surface area contributed by atoms with E-state index < -0.39 is 0 Å². The second-order valence-corrected chi connectivity index (χ2v) is 4.58. The fourth-order valence-corrected chi connectivity index (χ4v) is 1.73. The Morgan fingerprint density at radius 3 is 2.63 bits per heavy atom. The van der Waals surface area contributed by atoms with Gasteiger partial charge in [-0.3, -0.25) is 9.78 Å². The van der Waals surface area contributed by atoms with Crippen LogP contribution in [0.25, 0.3) is 0 Å². The molecule has 0 spiro atoms. The SMILES string of the molecule is CCN(CCCN(C)C)C(=O)c1cncc(NC)n1. The highest BCUT2D eigenvalue weighted by atomic mass is 16.2. The van der Waals surface area contributed by atoms with E-state index in [1.807, 2.05) is 21.0 Å². The monoisotopic (exact) mass is 265 g/mol. The summed E-state index contributed by atoms with van der Waals surface area (Å²) < 4.78 is 0. The predicted molar refractivity (Wildman–Crippen MR) is 76.3 cm³/mol. The Kier molecular flexibility index (Phi) is 6.21. The van der Waals surface area contributed by atoms with Crippen LogP contribution in [0.4, 0.5) is 5.82 Å². The normalized spacial score (nSPS) is 10.6. The summed E-state index contributed by atoms with van der Waals surface area (Å²) in [4.78, 5) is 24.5. The zero-order chi connectivity index (χ0) is 14.3. The molecule has 1 amide bonds. The lowest BCUT2D eigenvalue weighted by atomic mass is 10.3. The second-order valence-electron chi connectivity index (χ2n) is 4.58. The fraction of sp³-hybridized carbons (Fsp3) is 0.615. The summed E-state index contributed by atoms with van der Waals surface area (Å²) >= 11 is 0. The van der Waals surface area contributed by atoms with Gasteiger partial charge in [0.25, 0.3) is 5.91 Å². The summed E-state index contributed by atoms with van der Waals surface area (Å²) in [5, 5.41) is 2.89. The molecule has 0 atom stereocenters. The van der Waals surface area contributed by atoms with Gasteiger partial charge in [0, 0.05) is 20.1 Å². The van der Waals surface area contributed by atoms with Crippen LogP contribution in [0.2, 0.25) is 0 Å². The van der Waals surface area contributed by atoms with E-state index in [-0.39, 0.29) is 5.91 Å². The molecule has 0 fully saturated rings. The third kappa shape index (κ3) is 4.82. The number of nitrogens with zero attached hydrogens (tertiary/aromatic N) is 4. The van der Waals surface area contributed by atoms with Gasteiger partial charge in [-0.2, -0.15) is 0 Å². The first-order chi connectivity index (χ1) is 9.08. The van der Waals surface area contributed by atoms with Crippen LogP contribution in [-0.2, 0) is 0 Å². The summed E-state index contributed by atoms with van der Waals surface area (Å²) in [6, 6.07) is 0. The molecular formula is C13H23N5O. The molecule has 1 N–H and O–H groups in total. The maximum absolute atomic E-state index is 12.3. The fourth-order valence-electron chi connectivity index (χ4n) is 1.73. The topological polar surface area (TPSA) is 61.4 Å². The highest BCUT2D eigenvalue weighted by molar-refractivity contribution is 5.92. The molecule has 0 saturated heterocycles.